The first kappa shape index (κ1) is 15.5. The molecular formula is C21H19NO3. The van der Waals surface area contributed by atoms with Gasteiger partial charge in [-0.15, -0.1) is 0 Å². The number of rotatable bonds is 4. The van der Waals surface area contributed by atoms with Crippen LogP contribution in [0.2, 0.25) is 0 Å². The average Bonchev–Trinajstić information content (AvgIpc) is 3.19. The molecule has 4 rings (SSSR count). The zero-order valence-electron chi connectivity index (χ0n) is 14.3. The number of fused-ring (bicyclic) bond motifs is 1. The van der Waals surface area contributed by atoms with E-state index in [-0.39, 0.29) is 6.79 Å². The second-order valence-corrected chi connectivity index (χ2v) is 6.24. The number of aldehydes is 1. The van der Waals surface area contributed by atoms with E-state index in [0.29, 0.717) is 12.2 Å². The van der Waals surface area contributed by atoms with E-state index in [9.17, 15) is 4.79 Å². The van der Waals surface area contributed by atoms with Gasteiger partial charge in [-0.3, -0.25) is 4.79 Å². The third kappa shape index (κ3) is 2.60. The molecule has 0 aliphatic carbocycles. The predicted molar refractivity (Wildman–Crippen MR) is 96.4 cm³/mol. The molecule has 1 aromatic heterocycles. The molecular weight excluding hydrogens is 314 g/mol. The highest BCUT2D eigenvalue weighted by Crippen LogP contribution is 2.38. The Bertz CT molecular complexity index is 942. The zero-order valence-corrected chi connectivity index (χ0v) is 14.3. The summed E-state index contributed by atoms with van der Waals surface area (Å²) in [5, 5.41) is 0. The van der Waals surface area contributed by atoms with Gasteiger partial charge in [-0.05, 0) is 48.7 Å². The van der Waals surface area contributed by atoms with E-state index >= 15 is 0 Å². The van der Waals surface area contributed by atoms with Crippen molar-refractivity contribution in [3.05, 3.63) is 70.9 Å². The summed E-state index contributed by atoms with van der Waals surface area (Å²) in [6.45, 7) is 4.95. The largest absolute Gasteiger partial charge is 0.454 e. The third-order valence-corrected chi connectivity index (χ3v) is 4.80. The molecule has 0 amide bonds. The van der Waals surface area contributed by atoms with Crippen molar-refractivity contribution in [2.24, 2.45) is 0 Å². The maximum atomic E-state index is 11.8. The summed E-state index contributed by atoms with van der Waals surface area (Å²) >= 11 is 0. The van der Waals surface area contributed by atoms with Crippen molar-refractivity contribution in [2.75, 3.05) is 6.79 Å². The van der Waals surface area contributed by atoms with Crippen molar-refractivity contribution in [3.8, 4) is 22.8 Å². The Hall–Kier alpha value is -3.01. The Morgan fingerprint density at radius 3 is 2.52 bits per heavy atom. The van der Waals surface area contributed by atoms with Gasteiger partial charge in [0.25, 0.3) is 0 Å². The number of nitrogens with zero attached hydrogens (tertiary/aromatic N) is 1. The molecule has 2 aromatic carbocycles. The molecule has 1 aliphatic heterocycles. The van der Waals surface area contributed by atoms with Crippen molar-refractivity contribution in [1.29, 1.82) is 0 Å². The molecule has 25 heavy (non-hydrogen) atoms. The van der Waals surface area contributed by atoms with E-state index in [0.717, 1.165) is 45.7 Å². The van der Waals surface area contributed by atoms with E-state index < -0.39 is 0 Å². The highest BCUT2D eigenvalue weighted by Gasteiger charge is 2.21. The van der Waals surface area contributed by atoms with Crippen LogP contribution in [0.4, 0.5) is 0 Å². The maximum Gasteiger partial charge on any atom is 0.231 e. The molecule has 0 unspecified atom stereocenters. The van der Waals surface area contributed by atoms with Gasteiger partial charge in [0.2, 0.25) is 6.79 Å². The van der Waals surface area contributed by atoms with Crippen LogP contribution in [0.3, 0.4) is 0 Å². The highest BCUT2D eigenvalue weighted by atomic mass is 16.7. The molecule has 0 saturated heterocycles. The molecule has 4 nitrogen and oxygen atoms in total. The quantitative estimate of drug-likeness (QED) is 0.666. The number of carbonyl (C=O) groups is 1. The Morgan fingerprint density at radius 1 is 1.00 bits per heavy atom. The Morgan fingerprint density at radius 2 is 1.76 bits per heavy atom. The molecule has 1 aliphatic rings. The van der Waals surface area contributed by atoms with Crippen LogP contribution in [-0.4, -0.2) is 17.6 Å². The fourth-order valence-corrected chi connectivity index (χ4v) is 3.39. The molecule has 0 N–H and O–H groups in total. The molecule has 0 fully saturated rings. The lowest BCUT2D eigenvalue weighted by molar-refractivity contribution is 0.111. The average molecular weight is 333 g/mol. The third-order valence-electron chi connectivity index (χ3n) is 4.80. The molecule has 0 saturated carbocycles. The first-order chi connectivity index (χ1) is 12.2. The van der Waals surface area contributed by atoms with Crippen LogP contribution < -0.4 is 9.47 Å². The van der Waals surface area contributed by atoms with Gasteiger partial charge >= 0.3 is 0 Å². The molecule has 3 aromatic rings. The minimum absolute atomic E-state index is 0.251. The monoisotopic (exact) mass is 333 g/mol. The molecule has 2 heterocycles. The number of benzene rings is 2. The molecule has 0 bridgehead atoms. The number of hydrogen-bond donors (Lipinski definition) is 0. The van der Waals surface area contributed by atoms with Crippen molar-refractivity contribution < 1.29 is 14.3 Å². The van der Waals surface area contributed by atoms with E-state index in [2.05, 4.69) is 23.6 Å². The zero-order chi connectivity index (χ0) is 17.4. The van der Waals surface area contributed by atoms with Gasteiger partial charge in [-0.2, -0.15) is 0 Å². The van der Waals surface area contributed by atoms with Crippen LogP contribution in [0, 0.1) is 13.8 Å². The van der Waals surface area contributed by atoms with Crippen molar-refractivity contribution >= 4 is 6.29 Å². The summed E-state index contributed by atoms with van der Waals surface area (Å²) in [7, 11) is 0. The standard InChI is InChI=1S/C21H19NO3/c1-14-15(2)21(17-8-9-19-20(10-17)25-13-24-19)22(18(14)12-23)11-16-6-4-3-5-7-16/h3-10,12H,11,13H2,1-2H3. The lowest BCUT2D eigenvalue weighted by Gasteiger charge is -2.13. The minimum atomic E-state index is 0.251. The van der Waals surface area contributed by atoms with Gasteiger partial charge in [0.05, 0.1) is 11.4 Å². The SMILES string of the molecule is Cc1c(C)c(-c2ccc3c(c2)OCO3)n(Cc2ccccc2)c1C=O. The van der Waals surface area contributed by atoms with Crippen molar-refractivity contribution in [3.63, 3.8) is 0 Å². The van der Waals surface area contributed by atoms with Crippen molar-refractivity contribution in [1.82, 2.24) is 4.57 Å². The van der Waals surface area contributed by atoms with Gasteiger partial charge in [0.1, 0.15) is 0 Å². The van der Waals surface area contributed by atoms with Crippen LogP contribution in [0.1, 0.15) is 27.2 Å². The summed E-state index contributed by atoms with van der Waals surface area (Å²) < 4.78 is 13.0. The molecule has 0 atom stereocenters. The van der Waals surface area contributed by atoms with Gasteiger partial charge in [-0.1, -0.05) is 30.3 Å². The first-order valence-electron chi connectivity index (χ1n) is 8.28. The minimum Gasteiger partial charge on any atom is -0.454 e. The van der Waals surface area contributed by atoms with Crippen LogP contribution in [0.25, 0.3) is 11.3 Å². The smallest absolute Gasteiger partial charge is 0.231 e. The van der Waals surface area contributed by atoms with Crippen LogP contribution >= 0.6 is 0 Å². The molecule has 0 spiro atoms. The lowest BCUT2D eigenvalue weighted by Crippen LogP contribution is -2.06. The fraction of sp³-hybridized carbons (Fsp3) is 0.190. The lowest BCUT2D eigenvalue weighted by atomic mass is 10.1. The first-order valence-corrected chi connectivity index (χ1v) is 8.28. The van der Waals surface area contributed by atoms with Gasteiger partial charge in [-0.25, -0.2) is 0 Å². The highest BCUT2D eigenvalue weighted by molar-refractivity contribution is 5.82. The Labute approximate surface area is 146 Å². The van der Waals surface area contributed by atoms with Gasteiger partial charge < -0.3 is 14.0 Å². The molecule has 4 heteroatoms. The van der Waals surface area contributed by atoms with Crippen molar-refractivity contribution in [2.45, 2.75) is 20.4 Å². The van der Waals surface area contributed by atoms with E-state index in [1.807, 2.05) is 43.3 Å². The van der Waals surface area contributed by atoms with E-state index in [4.69, 9.17) is 9.47 Å². The summed E-state index contributed by atoms with van der Waals surface area (Å²) in [5.74, 6) is 1.50. The predicted octanol–water partition coefficient (Wildman–Crippen LogP) is 4.36. The second-order valence-electron chi connectivity index (χ2n) is 6.24. The van der Waals surface area contributed by atoms with Crippen LogP contribution in [-0.2, 0) is 6.54 Å². The van der Waals surface area contributed by atoms with E-state index in [1.165, 1.54) is 0 Å². The van der Waals surface area contributed by atoms with Crippen LogP contribution in [0.5, 0.6) is 11.5 Å². The summed E-state index contributed by atoms with van der Waals surface area (Å²) in [6.07, 6.45) is 0.946. The Kier molecular flexibility index (Phi) is 3.80. The summed E-state index contributed by atoms with van der Waals surface area (Å²) in [4.78, 5) is 11.8. The summed E-state index contributed by atoms with van der Waals surface area (Å²) in [6, 6.07) is 16.1. The normalized spacial score (nSPS) is 12.4. The topological polar surface area (TPSA) is 40.5 Å². The maximum absolute atomic E-state index is 11.8. The number of ether oxygens (including phenoxy) is 2. The van der Waals surface area contributed by atoms with E-state index in [1.54, 1.807) is 0 Å². The number of aromatic nitrogens is 1. The number of carbonyl (C=O) groups excluding carboxylic acids is 1. The second kappa shape index (κ2) is 6.13. The summed E-state index contributed by atoms with van der Waals surface area (Å²) in [5.41, 5.74) is 6.06. The number of hydrogen-bond acceptors (Lipinski definition) is 3. The fourth-order valence-electron chi connectivity index (χ4n) is 3.39. The van der Waals surface area contributed by atoms with Crippen LogP contribution in [0.15, 0.2) is 48.5 Å². The van der Waals surface area contributed by atoms with Gasteiger partial charge in [0.15, 0.2) is 17.8 Å². The molecule has 0 radical (unpaired) electrons. The van der Waals surface area contributed by atoms with Gasteiger partial charge in [0, 0.05) is 12.1 Å². The Balaban J connectivity index is 1.88. The molecule has 126 valence electrons.